The number of nitrogens with zero attached hydrogens (tertiary/aromatic N) is 1. The number of ether oxygens (including phenoxy) is 1. The highest BCUT2D eigenvalue weighted by Gasteiger charge is 2.26. The Morgan fingerprint density at radius 3 is 2.67 bits per heavy atom. The van der Waals surface area contributed by atoms with E-state index in [1.54, 1.807) is 0 Å². The van der Waals surface area contributed by atoms with Crippen LogP contribution in [0.5, 0.6) is 0 Å². The molecule has 0 radical (unpaired) electrons. The van der Waals surface area contributed by atoms with Gasteiger partial charge in [0, 0.05) is 19.8 Å². The summed E-state index contributed by atoms with van der Waals surface area (Å²) in [4.78, 5) is 2.28. The van der Waals surface area contributed by atoms with Crippen LogP contribution in [-0.2, 0) is 4.74 Å². The highest BCUT2D eigenvalue weighted by Crippen LogP contribution is 2.30. The molecule has 72 valence electrons. The fourth-order valence-corrected chi connectivity index (χ4v) is 2.07. The molecular weight excluding hydrogens is 150 g/mol. The van der Waals surface area contributed by atoms with Gasteiger partial charge in [0.15, 0.2) is 0 Å². The average molecular weight is 171 g/mol. The quantitative estimate of drug-likeness (QED) is 0.627. The van der Waals surface area contributed by atoms with Crippen LogP contribution >= 0.6 is 0 Å². The van der Waals surface area contributed by atoms with Gasteiger partial charge < -0.3 is 9.64 Å². The van der Waals surface area contributed by atoms with Crippen LogP contribution in [0.3, 0.4) is 0 Å². The molecule has 1 heterocycles. The van der Waals surface area contributed by atoms with E-state index in [0.29, 0.717) is 5.41 Å². The Labute approximate surface area is 75.9 Å². The molecule has 0 spiro atoms. The van der Waals surface area contributed by atoms with E-state index in [2.05, 4.69) is 25.9 Å². The summed E-state index contributed by atoms with van der Waals surface area (Å²) >= 11 is 0. The summed E-state index contributed by atoms with van der Waals surface area (Å²) in [6.07, 6.45) is 3.75. The lowest BCUT2D eigenvalue weighted by molar-refractivity contribution is 0.125. The number of hydrogen-bond donors (Lipinski definition) is 0. The SMILES string of the molecule is CN(C)CC1(C)CCCOCC1. The third kappa shape index (κ3) is 3.11. The molecule has 0 bridgehead atoms. The van der Waals surface area contributed by atoms with Crippen LogP contribution in [0.4, 0.5) is 0 Å². The van der Waals surface area contributed by atoms with Crippen molar-refractivity contribution in [1.82, 2.24) is 4.90 Å². The van der Waals surface area contributed by atoms with Gasteiger partial charge in [-0.3, -0.25) is 0 Å². The van der Waals surface area contributed by atoms with E-state index in [9.17, 15) is 0 Å². The fourth-order valence-electron chi connectivity index (χ4n) is 2.07. The molecular formula is C10H21NO. The third-order valence-electron chi connectivity index (χ3n) is 2.62. The highest BCUT2D eigenvalue weighted by molar-refractivity contribution is 4.78. The minimum absolute atomic E-state index is 0.486. The lowest BCUT2D eigenvalue weighted by atomic mass is 9.82. The van der Waals surface area contributed by atoms with Crippen LogP contribution in [-0.4, -0.2) is 38.8 Å². The van der Waals surface area contributed by atoms with Crippen LogP contribution in [0, 0.1) is 5.41 Å². The van der Waals surface area contributed by atoms with Gasteiger partial charge in [0.05, 0.1) is 0 Å². The first-order chi connectivity index (χ1) is 5.62. The van der Waals surface area contributed by atoms with E-state index in [1.807, 2.05) is 0 Å². The number of hydrogen-bond acceptors (Lipinski definition) is 2. The van der Waals surface area contributed by atoms with Crippen molar-refractivity contribution in [3.05, 3.63) is 0 Å². The summed E-state index contributed by atoms with van der Waals surface area (Å²) in [6.45, 7) is 5.48. The van der Waals surface area contributed by atoms with E-state index in [4.69, 9.17) is 4.74 Å². The van der Waals surface area contributed by atoms with Crippen LogP contribution in [0.1, 0.15) is 26.2 Å². The van der Waals surface area contributed by atoms with Gasteiger partial charge in [-0.2, -0.15) is 0 Å². The zero-order valence-electron chi connectivity index (χ0n) is 8.60. The van der Waals surface area contributed by atoms with Gasteiger partial charge in [-0.15, -0.1) is 0 Å². The molecule has 0 aromatic carbocycles. The second-order valence-corrected chi connectivity index (χ2v) is 4.51. The largest absolute Gasteiger partial charge is 0.381 e. The molecule has 0 N–H and O–H groups in total. The molecule has 12 heavy (non-hydrogen) atoms. The summed E-state index contributed by atoms with van der Waals surface area (Å²) in [5.41, 5.74) is 0.486. The summed E-state index contributed by atoms with van der Waals surface area (Å²) in [7, 11) is 4.30. The summed E-state index contributed by atoms with van der Waals surface area (Å²) < 4.78 is 5.45. The molecule has 0 aromatic rings. The Morgan fingerprint density at radius 1 is 1.25 bits per heavy atom. The molecule has 1 atom stereocenters. The summed E-state index contributed by atoms with van der Waals surface area (Å²) in [6, 6.07) is 0. The first-order valence-corrected chi connectivity index (χ1v) is 4.85. The maximum absolute atomic E-state index is 5.45. The Bertz CT molecular complexity index is 126. The molecule has 0 amide bonds. The van der Waals surface area contributed by atoms with Gasteiger partial charge in [-0.1, -0.05) is 6.92 Å². The van der Waals surface area contributed by atoms with E-state index < -0.39 is 0 Å². The maximum Gasteiger partial charge on any atom is 0.0471 e. The fraction of sp³-hybridized carbons (Fsp3) is 1.00. The van der Waals surface area contributed by atoms with Crippen molar-refractivity contribution in [3.63, 3.8) is 0 Å². The lowest BCUT2D eigenvalue weighted by Crippen LogP contribution is -2.31. The van der Waals surface area contributed by atoms with Crippen molar-refractivity contribution in [2.45, 2.75) is 26.2 Å². The Balaban J connectivity index is 2.42. The molecule has 1 unspecified atom stereocenters. The van der Waals surface area contributed by atoms with Crippen molar-refractivity contribution >= 4 is 0 Å². The monoisotopic (exact) mass is 171 g/mol. The Hall–Kier alpha value is -0.0800. The first-order valence-electron chi connectivity index (χ1n) is 4.85. The molecule has 2 heteroatoms. The predicted molar refractivity (Wildman–Crippen MR) is 51.3 cm³/mol. The summed E-state index contributed by atoms with van der Waals surface area (Å²) in [5.74, 6) is 0. The Kier molecular flexibility index (Phi) is 3.53. The summed E-state index contributed by atoms with van der Waals surface area (Å²) in [5, 5.41) is 0. The van der Waals surface area contributed by atoms with Crippen molar-refractivity contribution in [3.8, 4) is 0 Å². The highest BCUT2D eigenvalue weighted by atomic mass is 16.5. The van der Waals surface area contributed by atoms with Crippen LogP contribution in [0.25, 0.3) is 0 Å². The van der Waals surface area contributed by atoms with Gasteiger partial charge >= 0.3 is 0 Å². The molecule has 0 aliphatic carbocycles. The van der Waals surface area contributed by atoms with E-state index in [-0.39, 0.29) is 0 Å². The van der Waals surface area contributed by atoms with Crippen LogP contribution < -0.4 is 0 Å². The molecule has 1 saturated heterocycles. The molecule has 1 aliphatic rings. The smallest absolute Gasteiger partial charge is 0.0471 e. The van der Waals surface area contributed by atoms with Crippen molar-refractivity contribution < 1.29 is 4.74 Å². The van der Waals surface area contributed by atoms with Crippen LogP contribution in [0.15, 0.2) is 0 Å². The van der Waals surface area contributed by atoms with Crippen LogP contribution in [0.2, 0.25) is 0 Å². The predicted octanol–water partition coefficient (Wildman–Crippen LogP) is 1.75. The minimum atomic E-state index is 0.486. The molecule has 1 rings (SSSR count). The van der Waals surface area contributed by atoms with Gasteiger partial charge in [0.2, 0.25) is 0 Å². The molecule has 0 saturated carbocycles. The second kappa shape index (κ2) is 4.24. The zero-order valence-corrected chi connectivity index (χ0v) is 8.60. The molecule has 1 fully saturated rings. The van der Waals surface area contributed by atoms with E-state index >= 15 is 0 Å². The topological polar surface area (TPSA) is 12.5 Å². The van der Waals surface area contributed by atoms with Crippen molar-refractivity contribution in [2.75, 3.05) is 33.9 Å². The van der Waals surface area contributed by atoms with Gasteiger partial charge in [0.25, 0.3) is 0 Å². The molecule has 2 nitrogen and oxygen atoms in total. The third-order valence-corrected chi connectivity index (χ3v) is 2.62. The number of rotatable bonds is 2. The van der Waals surface area contributed by atoms with Gasteiger partial charge in [-0.25, -0.2) is 0 Å². The van der Waals surface area contributed by atoms with Gasteiger partial charge in [0.1, 0.15) is 0 Å². The lowest BCUT2D eigenvalue weighted by Gasteiger charge is -2.30. The Morgan fingerprint density at radius 2 is 2.00 bits per heavy atom. The van der Waals surface area contributed by atoms with Crippen molar-refractivity contribution in [1.29, 1.82) is 0 Å². The maximum atomic E-state index is 5.45. The normalized spacial score (nSPS) is 32.0. The first kappa shape index (κ1) is 10.0. The van der Waals surface area contributed by atoms with Gasteiger partial charge in [-0.05, 0) is 38.8 Å². The standard InChI is InChI=1S/C10H21NO/c1-10(9-11(2)3)5-4-7-12-8-6-10/h4-9H2,1-3H3. The van der Waals surface area contributed by atoms with Crippen molar-refractivity contribution in [2.24, 2.45) is 5.41 Å². The average Bonchev–Trinajstić information content (AvgIpc) is 2.12. The molecule has 1 aliphatic heterocycles. The van der Waals surface area contributed by atoms with E-state index in [0.717, 1.165) is 13.2 Å². The molecule has 0 aromatic heterocycles. The minimum Gasteiger partial charge on any atom is -0.381 e. The zero-order chi connectivity index (χ0) is 9.03. The van der Waals surface area contributed by atoms with E-state index in [1.165, 1.54) is 25.8 Å². The second-order valence-electron chi connectivity index (χ2n) is 4.51.